The molecule has 0 amide bonds. The van der Waals surface area contributed by atoms with E-state index in [9.17, 15) is 13.2 Å². The van der Waals surface area contributed by atoms with Gasteiger partial charge in [-0.2, -0.15) is 13.2 Å². The molecule has 0 spiro atoms. The number of hydrogen-bond acceptors (Lipinski definition) is 5. The first-order chi connectivity index (χ1) is 10.5. The molecule has 3 aromatic rings. The molecule has 2 aromatic heterocycles. The molecule has 3 rings (SSSR count). The summed E-state index contributed by atoms with van der Waals surface area (Å²) in [4.78, 5) is 11.4. The SMILES string of the molecule is FC(F)(F)c1ccnc(Nc2ccc(-c3nccs3)cc2)n1. The zero-order valence-electron chi connectivity index (χ0n) is 11.0. The Kier molecular flexibility index (Phi) is 3.76. The fourth-order valence-corrected chi connectivity index (χ4v) is 2.41. The van der Waals surface area contributed by atoms with Gasteiger partial charge in [-0.15, -0.1) is 11.3 Å². The third-order valence-corrected chi connectivity index (χ3v) is 3.59. The largest absolute Gasteiger partial charge is 0.433 e. The van der Waals surface area contributed by atoms with Gasteiger partial charge in [0.1, 0.15) is 10.7 Å². The van der Waals surface area contributed by atoms with Gasteiger partial charge in [0.05, 0.1) is 0 Å². The number of halogens is 3. The zero-order chi connectivity index (χ0) is 15.6. The molecule has 0 saturated heterocycles. The second kappa shape index (κ2) is 5.72. The summed E-state index contributed by atoms with van der Waals surface area (Å²) < 4.78 is 37.8. The number of benzene rings is 1. The predicted octanol–water partition coefficient (Wildman–Crippen LogP) is 4.36. The van der Waals surface area contributed by atoms with E-state index in [1.165, 1.54) is 11.3 Å². The van der Waals surface area contributed by atoms with Gasteiger partial charge >= 0.3 is 6.18 Å². The van der Waals surface area contributed by atoms with Crippen LogP contribution in [0.3, 0.4) is 0 Å². The van der Waals surface area contributed by atoms with Gasteiger partial charge in [-0.05, 0) is 30.3 Å². The average molecular weight is 322 g/mol. The number of nitrogens with one attached hydrogen (secondary N) is 1. The molecule has 1 aromatic carbocycles. The van der Waals surface area contributed by atoms with E-state index in [4.69, 9.17) is 0 Å². The summed E-state index contributed by atoms with van der Waals surface area (Å²) in [6, 6.07) is 7.96. The number of hydrogen-bond donors (Lipinski definition) is 1. The summed E-state index contributed by atoms with van der Waals surface area (Å²) in [7, 11) is 0. The van der Waals surface area contributed by atoms with Crippen LogP contribution in [-0.4, -0.2) is 15.0 Å². The molecule has 0 aliphatic carbocycles. The third-order valence-electron chi connectivity index (χ3n) is 2.77. The summed E-state index contributed by atoms with van der Waals surface area (Å²) in [5.74, 6) is -0.100. The molecular formula is C14H9F3N4S. The monoisotopic (exact) mass is 322 g/mol. The maximum atomic E-state index is 12.6. The minimum absolute atomic E-state index is 0.100. The van der Waals surface area contributed by atoms with Gasteiger partial charge in [0.2, 0.25) is 5.95 Å². The summed E-state index contributed by atoms with van der Waals surface area (Å²) in [6.07, 6.45) is -1.71. The van der Waals surface area contributed by atoms with Crippen molar-refractivity contribution in [2.24, 2.45) is 0 Å². The first-order valence-corrected chi connectivity index (χ1v) is 7.07. The van der Waals surface area contributed by atoms with E-state index < -0.39 is 11.9 Å². The number of nitrogens with zero attached hydrogens (tertiary/aromatic N) is 3. The smallest absolute Gasteiger partial charge is 0.324 e. The summed E-state index contributed by atoms with van der Waals surface area (Å²) >= 11 is 1.51. The Morgan fingerprint density at radius 2 is 1.73 bits per heavy atom. The summed E-state index contributed by atoms with van der Waals surface area (Å²) in [5, 5.41) is 5.50. The van der Waals surface area contributed by atoms with Crippen molar-refractivity contribution in [3.05, 3.63) is 53.8 Å². The van der Waals surface area contributed by atoms with Crippen molar-refractivity contribution in [2.45, 2.75) is 6.18 Å². The van der Waals surface area contributed by atoms with Gasteiger partial charge in [-0.1, -0.05) is 0 Å². The van der Waals surface area contributed by atoms with E-state index >= 15 is 0 Å². The van der Waals surface area contributed by atoms with Gasteiger partial charge in [-0.3, -0.25) is 0 Å². The standard InChI is InChI=1S/C14H9F3N4S/c15-14(16,17)11-5-6-19-13(21-11)20-10-3-1-9(2-4-10)12-18-7-8-22-12/h1-8H,(H,19,20,21). The number of thiazole rings is 1. The highest BCUT2D eigenvalue weighted by Crippen LogP contribution is 2.28. The van der Waals surface area contributed by atoms with Crippen LogP contribution in [0.25, 0.3) is 10.6 Å². The molecule has 112 valence electrons. The minimum Gasteiger partial charge on any atom is -0.324 e. The van der Waals surface area contributed by atoms with Crippen LogP contribution in [-0.2, 0) is 6.18 Å². The van der Waals surface area contributed by atoms with E-state index in [-0.39, 0.29) is 5.95 Å². The molecule has 0 atom stereocenters. The molecule has 4 nitrogen and oxygen atoms in total. The van der Waals surface area contributed by atoms with Crippen molar-refractivity contribution in [2.75, 3.05) is 5.32 Å². The maximum absolute atomic E-state index is 12.6. The lowest BCUT2D eigenvalue weighted by Gasteiger charge is -2.08. The van der Waals surface area contributed by atoms with Crippen LogP contribution in [0.5, 0.6) is 0 Å². The Bertz CT molecular complexity index is 755. The fraction of sp³-hybridized carbons (Fsp3) is 0.0714. The van der Waals surface area contributed by atoms with E-state index in [0.29, 0.717) is 5.69 Å². The van der Waals surface area contributed by atoms with Gasteiger partial charge < -0.3 is 5.32 Å². The van der Waals surface area contributed by atoms with Crippen LogP contribution >= 0.6 is 11.3 Å². The van der Waals surface area contributed by atoms with Crippen LogP contribution in [0.1, 0.15) is 5.69 Å². The van der Waals surface area contributed by atoms with E-state index in [1.54, 1.807) is 18.3 Å². The van der Waals surface area contributed by atoms with Gasteiger partial charge in [-0.25, -0.2) is 15.0 Å². The number of rotatable bonds is 3. The summed E-state index contributed by atoms with van der Waals surface area (Å²) in [6.45, 7) is 0. The average Bonchev–Trinajstić information content (AvgIpc) is 3.02. The maximum Gasteiger partial charge on any atom is 0.433 e. The van der Waals surface area contributed by atoms with Crippen LogP contribution in [0.15, 0.2) is 48.1 Å². The zero-order valence-corrected chi connectivity index (χ0v) is 11.8. The van der Waals surface area contributed by atoms with Crippen molar-refractivity contribution < 1.29 is 13.2 Å². The van der Waals surface area contributed by atoms with Crippen molar-refractivity contribution in [1.29, 1.82) is 0 Å². The summed E-state index contributed by atoms with van der Waals surface area (Å²) in [5.41, 5.74) is 0.551. The third kappa shape index (κ3) is 3.22. The van der Waals surface area contributed by atoms with Crippen molar-refractivity contribution >= 4 is 23.0 Å². The molecule has 0 fully saturated rings. The highest BCUT2D eigenvalue weighted by Gasteiger charge is 2.32. The molecule has 0 unspecified atom stereocenters. The van der Waals surface area contributed by atoms with Gasteiger partial charge in [0.15, 0.2) is 0 Å². The minimum atomic E-state index is -4.49. The predicted molar refractivity (Wildman–Crippen MR) is 77.9 cm³/mol. The van der Waals surface area contributed by atoms with E-state index in [0.717, 1.165) is 22.8 Å². The Balaban J connectivity index is 1.79. The van der Waals surface area contributed by atoms with Gasteiger partial charge in [0, 0.05) is 29.0 Å². The van der Waals surface area contributed by atoms with Crippen LogP contribution in [0.2, 0.25) is 0 Å². The quantitative estimate of drug-likeness (QED) is 0.778. The molecule has 1 N–H and O–H groups in total. The van der Waals surface area contributed by atoms with Crippen LogP contribution < -0.4 is 5.32 Å². The number of anilines is 2. The van der Waals surface area contributed by atoms with Gasteiger partial charge in [0.25, 0.3) is 0 Å². The normalized spacial score (nSPS) is 11.4. The lowest BCUT2D eigenvalue weighted by atomic mass is 10.2. The second-order valence-electron chi connectivity index (χ2n) is 4.30. The number of aromatic nitrogens is 3. The topological polar surface area (TPSA) is 50.7 Å². The van der Waals surface area contributed by atoms with Crippen molar-refractivity contribution in [3.63, 3.8) is 0 Å². The first-order valence-electron chi connectivity index (χ1n) is 6.19. The highest BCUT2D eigenvalue weighted by atomic mass is 32.1. The lowest BCUT2D eigenvalue weighted by Crippen LogP contribution is -2.10. The Labute approximate surface area is 127 Å². The Morgan fingerprint density at radius 1 is 0.955 bits per heavy atom. The molecule has 8 heteroatoms. The molecule has 22 heavy (non-hydrogen) atoms. The van der Waals surface area contributed by atoms with E-state index in [1.807, 2.05) is 17.5 Å². The lowest BCUT2D eigenvalue weighted by molar-refractivity contribution is -0.141. The molecule has 0 aliphatic heterocycles. The van der Waals surface area contributed by atoms with Crippen LogP contribution in [0, 0.1) is 0 Å². The molecule has 0 bridgehead atoms. The molecule has 0 radical (unpaired) electrons. The Morgan fingerprint density at radius 3 is 2.36 bits per heavy atom. The van der Waals surface area contributed by atoms with Crippen molar-refractivity contribution in [3.8, 4) is 10.6 Å². The second-order valence-corrected chi connectivity index (χ2v) is 5.20. The fourth-order valence-electron chi connectivity index (χ4n) is 1.77. The molecule has 0 saturated carbocycles. The molecule has 0 aliphatic rings. The molecular weight excluding hydrogens is 313 g/mol. The number of alkyl halides is 3. The van der Waals surface area contributed by atoms with Crippen LogP contribution in [0.4, 0.5) is 24.8 Å². The first kappa shape index (κ1) is 14.5. The Hall–Kier alpha value is -2.48. The molecule has 2 heterocycles. The van der Waals surface area contributed by atoms with Crippen molar-refractivity contribution in [1.82, 2.24) is 15.0 Å². The van der Waals surface area contributed by atoms with E-state index in [2.05, 4.69) is 20.3 Å². The highest BCUT2D eigenvalue weighted by molar-refractivity contribution is 7.13.